The summed E-state index contributed by atoms with van der Waals surface area (Å²) in [7, 11) is 0. The van der Waals surface area contributed by atoms with E-state index in [1.54, 1.807) is 31.5 Å². The number of fused-ring (bicyclic) bond motifs is 2. The quantitative estimate of drug-likeness (QED) is 0.801. The first-order chi connectivity index (χ1) is 14.8. The van der Waals surface area contributed by atoms with Gasteiger partial charge < -0.3 is 15.1 Å². The summed E-state index contributed by atoms with van der Waals surface area (Å²) in [4.78, 5) is 46.3. The second kappa shape index (κ2) is 8.24. The molecule has 2 atom stereocenters. The minimum atomic E-state index is -0.490. The van der Waals surface area contributed by atoms with Gasteiger partial charge in [0.1, 0.15) is 0 Å². The summed E-state index contributed by atoms with van der Waals surface area (Å²) in [6.07, 6.45) is 6.87. The van der Waals surface area contributed by atoms with Crippen LogP contribution < -0.4 is 5.32 Å². The monoisotopic (exact) mass is 426 g/mol. The van der Waals surface area contributed by atoms with E-state index >= 15 is 0 Å². The molecule has 4 rings (SSSR count). The van der Waals surface area contributed by atoms with Crippen molar-refractivity contribution in [3.8, 4) is 0 Å². The number of carbonyl (C=O) groups excluding carboxylic acids is 3. The second-order valence-corrected chi connectivity index (χ2v) is 10.1. The van der Waals surface area contributed by atoms with Crippen molar-refractivity contribution in [2.24, 2.45) is 22.7 Å². The lowest BCUT2D eigenvalue weighted by molar-refractivity contribution is -0.133. The van der Waals surface area contributed by atoms with E-state index in [4.69, 9.17) is 0 Å². The minimum absolute atomic E-state index is 0.0189. The van der Waals surface area contributed by atoms with Crippen molar-refractivity contribution in [1.82, 2.24) is 20.1 Å². The fourth-order valence-corrected chi connectivity index (χ4v) is 6.07. The number of carbonyl (C=O) groups is 3. The Kier molecular flexibility index (Phi) is 5.79. The zero-order valence-corrected chi connectivity index (χ0v) is 18.9. The van der Waals surface area contributed by atoms with Crippen LogP contribution in [0.2, 0.25) is 0 Å². The van der Waals surface area contributed by atoms with E-state index in [1.807, 2.05) is 9.80 Å². The Morgan fingerprint density at radius 3 is 2.52 bits per heavy atom. The third kappa shape index (κ3) is 3.83. The normalized spacial score (nSPS) is 26.9. The maximum absolute atomic E-state index is 13.4. The van der Waals surface area contributed by atoms with Crippen molar-refractivity contribution in [3.63, 3.8) is 0 Å². The van der Waals surface area contributed by atoms with Gasteiger partial charge in [0.25, 0.3) is 5.91 Å². The molecule has 0 aromatic carbocycles. The van der Waals surface area contributed by atoms with Gasteiger partial charge in [-0.2, -0.15) is 0 Å². The lowest BCUT2D eigenvalue weighted by Crippen LogP contribution is -2.50. The van der Waals surface area contributed by atoms with E-state index in [2.05, 4.69) is 24.1 Å². The van der Waals surface area contributed by atoms with Crippen molar-refractivity contribution in [2.45, 2.75) is 46.5 Å². The molecule has 7 nitrogen and oxygen atoms in total. The third-order valence-corrected chi connectivity index (χ3v) is 7.87. The zero-order chi connectivity index (χ0) is 22.2. The fourth-order valence-electron chi connectivity index (χ4n) is 6.07. The second-order valence-electron chi connectivity index (χ2n) is 10.1. The molecular weight excluding hydrogens is 392 g/mol. The van der Waals surface area contributed by atoms with E-state index < -0.39 is 5.41 Å². The number of amides is 3. The van der Waals surface area contributed by atoms with Crippen LogP contribution in [0.1, 0.15) is 56.8 Å². The molecule has 0 unspecified atom stereocenters. The first kappa shape index (κ1) is 21.8. The number of pyridine rings is 1. The largest absolute Gasteiger partial charge is 0.355 e. The maximum Gasteiger partial charge on any atom is 0.255 e. The van der Waals surface area contributed by atoms with E-state index in [0.29, 0.717) is 44.2 Å². The van der Waals surface area contributed by atoms with E-state index in [0.717, 1.165) is 25.7 Å². The van der Waals surface area contributed by atoms with Crippen LogP contribution in [0.4, 0.5) is 0 Å². The summed E-state index contributed by atoms with van der Waals surface area (Å²) < 4.78 is 0. The molecule has 3 aliphatic rings. The molecule has 2 saturated heterocycles. The number of aromatic nitrogens is 1. The SMILES string of the molecule is CC(=O)N1C[C@H]2C3(CCN(C(=O)c4cccnc4)CC3)CC[C@@]2(C(=O)NCC(C)C)C1. The van der Waals surface area contributed by atoms with Gasteiger partial charge in [-0.05, 0) is 55.1 Å². The average Bonchev–Trinajstić information content (AvgIpc) is 3.30. The lowest BCUT2D eigenvalue weighted by Gasteiger charge is -2.44. The van der Waals surface area contributed by atoms with Crippen molar-refractivity contribution in [3.05, 3.63) is 30.1 Å². The topological polar surface area (TPSA) is 82.6 Å². The summed E-state index contributed by atoms with van der Waals surface area (Å²) >= 11 is 0. The maximum atomic E-state index is 13.4. The molecule has 1 N–H and O–H groups in total. The van der Waals surface area contributed by atoms with Crippen LogP contribution in [-0.2, 0) is 9.59 Å². The van der Waals surface area contributed by atoms with E-state index in [9.17, 15) is 14.4 Å². The molecule has 1 aromatic rings. The third-order valence-electron chi connectivity index (χ3n) is 7.87. The number of nitrogens with zero attached hydrogens (tertiary/aromatic N) is 3. The predicted molar refractivity (Wildman–Crippen MR) is 117 cm³/mol. The molecule has 3 amide bonds. The molecule has 2 aliphatic heterocycles. The van der Waals surface area contributed by atoms with Crippen LogP contribution in [0.5, 0.6) is 0 Å². The molecule has 168 valence electrons. The standard InChI is InChI=1S/C24H34N4O3/c1-17(2)13-26-22(31)24-7-6-23(20(24)15-28(16-24)18(3)29)8-11-27(12-9-23)21(30)19-5-4-10-25-14-19/h4-5,10,14,17,20H,6-9,11-13,15-16H2,1-3H3,(H,26,31)/t20-,24+/m0/s1. The molecule has 0 bridgehead atoms. The Bertz CT molecular complexity index is 848. The molecule has 0 radical (unpaired) electrons. The van der Waals surface area contributed by atoms with Gasteiger partial charge in [0.05, 0.1) is 11.0 Å². The molecule has 31 heavy (non-hydrogen) atoms. The molecule has 1 saturated carbocycles. The van der Waals surface area contributed by atoms with Gasteiger partial charge in [-0.25, -0.2) is 0 Å². The molecule has 1 spiro atoms. The average molecular weight is 427 g/mol. The van der Waals surface area contributed by atoms with Gasteiger partial charge in [-0.15, -0.1) is 0 Å². The smallest absolute Gasteiger partial charge is 0.255 e. The molecule has 1 aliphatic carbocycles. The Morgan fingerprint density at radius 2 is 1.90 bits per heavy atom. The summed E-state index contributed by atoms with van der Waals surface area (Å²) in [6, 6.07) is 3.59. The van der Waals surface area contributed by atoms with Gasteiger partial charge in [-0.1, -0.05) is 13.8 Å². The van der Waals surface area contributed by atoms with Crippen molar-refractivity contribution >= 4 is 17.7 Å². The van der Waals surface area contributed by atoms with Gasteiger partial charge in [0.2, 0.25) is 11.8 Å². The van der Waals surface area contributed by atoms with Crippen LogP contribution >= 0.6 is 0 Å². The first-order valence-electron chi connectivity index (χ1n) is 11.5. The number of nitrogens with one attached hydrogen (secondary N) is 1. The van der Waals surface area contributed by atoms with E-state index in [1.165, 1.54) is 0 Å². The predicted octanol–water partition coefficient (Wildman–Crippen LogP) is 2.33. The summed E-state index contributed by atoms with van der Waals surface area (Å²) in [5.74, 6) is 0.733. The molecule has 3 fully saturated rings. The highest BCUT2D eigenvalue weighted by molar-refractivity contribution is 5.94. The van der Waals surface area contributed by atoms with Crippen LogP contribution in [-0.4, -0.2) is 65.2 Å². The van der Waals surface area contributed by atoms with Gasteiger partial charge in [0.15, 0.2) is 0 Å². The molecule has 7 heteroatoms. The van der Waals surface area contributed by atoms with Crippen LogP contribution in [0.3, 0.4) is 0 Å². The highest BCUT2D eigenvalue weighted by atomic mass is 16.2. The van der Waals surface area contributed by atoms with Crippen molar-refractivity contribution in [2.75, 3.05) is 32.7 Å². The van der Waals surface area contributed by atoms with Crippen LogP contribution in [0.15, 0.2) is 24.5 Å². The zero-order valence-electron chi connectivity index (χ0n) is 18.9. The molecular formula is C24H34N4O3. The van der Waals surface area contributed by atoms with Crippen molar-refractivity contribution in [1.29, 1.82) is 0 Å². The Hall–Kier alpha value is -2.44. The van der Waals surface area contributed by atoms with Gasteiger partial charge in [-0.3, -0.25) is 19.4 Å². The summed E-state index contributed by atoms with van der Waals surface area (Å²) in [5.41, 5.74) is 0.150. The molecule has 1 aromatic heterocycles. The first-order valence-corrected chi connectivity index (χ1v) is 11.5. The fraction of sp³-hybridized carbons (Fsp3) is 0.667. The van der Waals surface area contributed by atoms with Gasteiger partial charge >= 0.3 is 0 Å². The number of likely N-dealkylation sites (tertiary alicyclic amines) is 2. The number of hydrogen-bond acceptors (Lipinski definition) is 4. The number of rotatable bonds is 4. The lowest BCUT2D eigenvalue weighted by atomic mass is 9.65. The molecule has 3 heterocycles. The Labute approximate surface area is 184 Å². The summed E-state index contributed by atoms with van der Waals surface area (Å²) in [6.45, 7) is 9.00. The van der Waals surface area contributed by atoms with Crippen LogP contribution in [0, 0.1) is 22.7 Å². The van der Waals surface area contributed by atoms with Gasteiger partial charge in [0, 0.05) is 52.0 Å². The summed E-state index contributed by atoms with van der Waals surface area (Å²) in [5, 5.41) is 3.17. The van der Waals surface area contributed by atoms with Crippen molar-refractivity contribution < 1.29 is 14.4 Å². The number of hydrogen-bond donors (Lipinski definition) is 1. The highest BCUT2D eigenvalue weighted by Crippen LogP contribution is 2.62. The highest BCUT2D eigenvalue weighted by Gasteiger charge is 2.64. The van der Waals surface area contributed by atoms with Crippen LogP contribution in [0.25, 0.3) is 0 Å². The Balaban J connectivity index is 1.51. The minimum Gasteiger partial charge on any atom is -0.355 e. The number of piperidine rings is 1. The van der Waals surface area contributed by atoms with E-state index in [-0.39, 0.29) is 29.1 Å². The Morgan fingerprint density at radius 1 is 1.16 bits per heavy atom.